The molecule has 37 heavy (non-hydrogen) atoms. The minimum atomic E-state index is -1.09. The maximum atomic E-state index is 12.9. The van der Waals surface area contributed by atoms with Gasteiger partial charge in [-0.25, -0.2) is 4.79 Å². The normalized spacial score (nSPS) is 26.6. The Balaban J connectivity index is 1.63. The van der Waals surface area contributed by atoms with Crippen molar-refractivity contribution in [2.75, 3.05) is 26.4 Å². The summed E-state index contributed by atoms with van der Waals surface area (Å²) >= 11 is 0. The zero-order valence-electron chi connectivity index (χ0n) is 22.2. The summed E-state index contributed by atoms with van der Waals surface area (Å²) in [6.07, 6.45) is 3.70. The van der Waals surface area contributed by atoms with Crippen LogP contribution in [0.4, 0.5) is 0 Å². The maximum Gasteiger partial charge on any atom is 0.333 e. The van der Waals surface area contributed by atoms with E-state index in [0.29, 0.717) is 13.0 Å². The van der Waals surface area contributed by atoms with Crippen molar-refractivity contribution >= 4 is 23.9 Å². The zero-order valence-corrected chi connectivity index (χ0v) is 22.2. The summed E-state index contributed by atoms with van der Waals surface area (Å²) in [6, 6.07) is 0. The molecule has 0 aromatic carbocycles. The second-order valence-corrected chi connectivity index (χ2v) is 11.2. The van der Waals surface area contributed by atoms with Gasteiger partial charge in [-0.05, 0) is 64.7 Å². The lowest BCUT2D eigenvalue weighted by Gasteiger charge is -2.36. The largest absolute Gasteiger partial charge is 0.481 e. The first-order valence-corrected chi connectivity index (χ1v) is 13.1. The Morgan fingerprint density at radius 1 is 1.08 bits per heavy atom. The number of epoxide rings is 2. The standard InChI is InChI=1S/C27H40O10/c1-15(2)24(30)33-8-9-34-25(31)16(3)20(23(28)29)10-18(17-6-7-21-22(11-17)37-21)12-27(4,5)26(32)36-14-19-13-35-19/h16-22H,1,6-14H2,2-5H3,(H,28,29). The lowest BCUT2D eigenvalue weighted by molar-refractivity contribution is -0.160. The fraction of sp³-hybridized carbons (Fsp3) is 0.778. The minimum Gasteiger partial charge on any atom is -0.481 e. The number of carboxylic acids is 1. The molecule has 0 aromatic heterocycles. The van der Waals surface area contributed by atoms with E-state index in [9.17, 15) is 24.3 Å². The summed E-state index contributed by atoms with van der Waals surface area (Å²) in [7, 11) is 0. The number of aliphatic carboxylic acids is 1. The molecule has 0 radical (unpaired) electrons. The van der Waals surface area contributed by atoms with Gasteiger partial charge in [0.15, 0.2) is 0 Å². The average Bonchev–Trinajstić information content (AvgIpc) is 3.76. The third-order valence-electron chi connectivity index (χ3n) is 7.60. The number of carbonyl (C=O) groups excluding carboxylic acids is 3. The second-order valence-electron chi connectivity index (χ2n) is 11.2. The van der Waals surface area contributed by atoms with Crippen LogP contribution in [0.25, 0.3) is 0 Å². The SMILES string of the molecule is C=C(C)C(=O)OCCOC(=O)C(C)C(CC(CC(C)(C)C(=O)OCC1CO1)C1CCC2OC2C1)C(=O)O. The van der Waals surface area contributed by atoms with Crippen LogP contribution in [0.15, 0.2) is 12.2 Å². The molecule has 0 aromatic rings. The summed E-state index contributed by atoms with van der Waals surface area (Å²) in [5.74, 6) is -4.57. The average molecular weight is 525 g/mol. The summed E-state index contributed by atoms with van der Waals surface area (Å²) in [6.45, 7) is 10.6. The number of carboxylic acid groups (broad SMARTS) is 1. The lowest BCUT2D eigenvalue weighted by atomic mass is 9.68. The van der Waals surface area contributed by atoms with Crippen LogP contribution < -0.4 is 0 Å². The number of esters is 3. The van der Waals surface area contributed by atoms with Crippen LogP contribution in [0.1, 0.15) is 59.8 Å². The minimum absolute atomic E-state index is 0.0367. The summed E-state index contributed by atoms with van der Waals surface area (Å²) in [5, 5.41) is 10.0. The predicted molar refractivity (Wildman–Crippen MR) is 130 cm³/mol. The van der Waals surface area contributed by atoms with Crippen LogP contribution in [0.2, 0.25) is 0 Å². The van der Waals surface area contributed by atoms with Gasteiger partial charge in [0.1, 0.15) is 25.9 Å². The number of fused-ring (bicyclic) bond motifs is 1. The van der Waals surface area contributed by atoms with Crippen LogP contribution >= 0.6 is 0 Å². The molecule has 7 atom stereocenters. The Hall–Kier alpha value is -2.46. The molecule has 0 spiro atoms. The van der Waals surface area contributed by atoms with Crippen LogP contribution in [-0.2, 0) is 42.9 Å². The van der Waals surface area contributed by atoms with Crippen molar-refractivity contribution in [1.29, 1.82) is 0 Å². The molecule has 3 aliphatic rings. The molecule has 10 nitrogen and oxygen atoms in total. The molecule has 1 saturated carbocycles. The van der Waals surface area contributed by atoms with Gasteiger partial charge >= 0.3 is 23.9 Å². The Labute approximate surface area is 218 Å². The zero-order chi connectivity index (χ0) is 27.3. The highest BCUT2D eigenvalue weighted by atomic mass is 16.6. The lowest BCUT2D eigenvalue weighted by Crippen LogP contribution is -2.37. The van der Waals surface area contributed by atoms with Gasteiger partial charge in [0.25, 0.3) is 0 Å². The van der Waals surface area contributed by atoms with Crippen LogP contribution in [0, 0.1) is 29.1 Å². The third-order valence-corrected chi connectivity index (χ3v) is 7.60. The van der Waals surface area contributed by atoms with Gasteiger partial charge in [-0.1, -0.05) is 13.5 Å². The fourth-order valence-electron chi connectivity index (χ4n) is 5.11. The van der Waals surface area contributed by atoms with Gasteiger partial charge in [0, 0.05) is 5.57 Å². The molecule has 2 aliphatic heterocycles. The van der Waals surface area contributed by atoms with Crippen molar-refractivity contribution in [2.45, 2.75) is 78.1 Å². The van der Waals surface area contributed by atoms with E-state index in [0.717, 1.165) is 19.3 Å². The molecule has 1 N–H and O–H groups in total. The van der Waals surface area contributed by atoms with Crippen LogP contribution in [-0.4, -0.2) is 73.7 Å². The molecular weight excluding hydrogens is 484 g/mol. The highest BCUT2D eigenvalue weighted by molar-refractivity contribution is 5.87. The van der Waals surface area contributed by atoms with E-state index in [4.69, 9.17) is 23.7 Å². The van der Waals surface area contributed by atoms with Crippen molar-refractivity contribution in [3.63, 3.8) is 0 Å². The molecule has 0 amide bonds. The van der Waals surface area contributed by atoms with Crippen molar-refractivity contribution in [1.82, 2.24) is 0 Å². The van der Waals surface area contributed by atoms with Gasteiger partial charge < -0.3 is 28.8 Å². The number of rotatable bonds is 15. The first-order valence-electron chi connectivity index (χ1n) is 13.1. The van der Waals surface area contributed by atoms with Crippen molar-refractivity contribution in [3.8, 4) is 0 Å². The Morgan fingerprint density at radius 2 is 1.76 bits per heavy atom. The van der Waals surface area contributed by atoms with Gasteiger partial charge in [-0.2, -0.15) is 0 Å². The van der Waals surface area contributed by atoms with Gasteiger partial charge in [0.2, 0.25) is 0 Å². The first-order chi connectivity index (χ1) is 17.4. The van der Waals surface area contributed by atoms with Gasteiger partial charge in [0.05, 0.1) is 36.1 Å². The molecule has 3 fully saturated rings. The fourth-order valence-corrected chi connectivity index (χ4v) is 5.11. The van der Waals surface area contributed by atoms with E-state index in [1.165, 1.54) is 13.8 Å². The van der Waals surface area contributed by atoms with E-state index < -0.39 is 35.2 Å². The Bertz CT molecular complexity index is 876. The van der Waals surface area contributed by atoms with Crippen molar-refractivity contribution in [2.24, 2.45) is 29.1 Å². The number of ether oxygens (including phenoxy) is 5. The molecule has 1 aliphatic carbocycles. The molecule has 10 heteroatoms. The smallest absolute Gasteiger partial charge is 0.333 e. The van der Waals surface area contributed by atoms with Crippen LogP contribution in [0.3, 0.4) is 0 Å². The predicted octanol–water partition coefficient (Wildman–Crippen LogP) is 2.92. The summed E-state index contributed by atoms with van der Waals surface area (Å²) < 4.78 is 26.4. The van der Waals surface area contributed by atoms with E-state index in [1.54, 1.807) is 0 Å². The highest BCUT2D eigenvalue weighted by Gasteiger charge is 2.48. The Morgan fingerprint density at radius 3 is 2.35 bits per heavy atom. The summed E-state index contributed by atoms with van der Waals surface area (Å²) in [5.41, 5.74) is -0.601. The van der Waals surface area contributed by atoms with Crippen molar-refractivity contribution in [3.05, 3.63) is 12.2 Å². The molecule has 208 valence electrons. The molecular formula is C27H40O10. The molecule has 3 rings (SSSR count). The van der Waals surface area contributed by atoms with E-state index in [-0.39, 0.29) is 67.9 Å². The van der Waals surface area contributed by atoms with E-state index >= 15 is 0 Å². The molecule has 7 unspecified atom stereocenters. The van der Waals surface area contributed by atoms with E-state index in [2.05, 4.69) is 6.58 Å². The Kier molecular flexibility index (Phi) is 9.74. The molecule has 2 saturated heterocycles. The van der Waals surface area contributed by atoms with Gasteiger partial charge in [-0.3, -0.25) is 14.4 Å². The first kappa shape index (κ1) is 29.1. The van der Waals surface area contributed by atoms with E-state index in [1.807, 2.05) is 13.8 Å². The quantitative estimate of drug-likeness (QED) is 0.112. The highest BCUT2D eigenvalue weighted by Crippen LogP contribution is 2.47. The molecule has 0 bridgehead atoms. The van der Waals surface area contributed by atoms with Crippen molar-refractivity contribution < 1.29 is 48.0 Å². The monoisotopic (exact) mass is 524 g/mol. The number of carbonyl (C=O) groups is 4. The number of hydrogen-bond donors (Lipinski definition) is 1. The second kappa shape index (κ2) is 12.4. The van der Waals surface area contributed by atoms with Gasteiger partial charge in [-0.15, -0.1) is 0 Å². The molecule has 2 heterocycles. The maximum absolute atomic E-state index is 12.9. The number of hydrogen-bond acceptors (Lipinski definition) is 9. The topological polar surface area (TPSA) is 141 Å². The van der Waals surface area contributed by atoms with Crippen LogP contribution in [0.5, 0.6) is 0 Å². The summed E-state index contributed by atoms with van der Waals surface area (Å²) in [4.78, 5) is 49.3. The third kappa shape index (κ3) is 8.53.